The number of unbranched alkanes of at least 4 members (excludes halogenated alkanes) is 1. The van der Waals surface area contributed by atoms with Gasteiger partial charge in [-0.15, -0.1) is 11.3 Å². The SMILES string of the molecule is CCNC(=NCCCCN1CCCCC1C)NCCc1ncc(CC)s1. The quantitative estimate of drug-likeness (QED) is 0.371. The second kappa shape index (κ2) is 12.3. The second-order valence-corrected chi connectivity index (χ2v) is 8.30. The van der Waals surface area contributed by atoms with Gasteiger partial charge < -0.3 is 15.5 Å². The molecule has 0 aliphatic carbocycles. The first-order valence-electron chi connectivity index (χ1n) is 10.4. The number of likely N-dealkylation sites (tertiary alicyclic amines) is 1. The molecule has 0 bridgehead atoms. The minimum atomic E-state index is 0.769. The lowest BCUT2D eigenvalue weighted by Gasteiger charge is -2.33. The van der Waals surface area contributed by atoms with Gasteiger partial charge in [-0.25, -0.2) is 4.98 Å². The molecule has 5 nitrogen and oxygen atoms in total. The predicted molar refractivity (Wildman–Crippen MR) is 113 cm³/mol. The minimum absolute atomic E-state index is 0.769. The first-order valence-corrected chi connectivity index (χ1v) is 11.2. The van der Waals surface area contributed by atoms with Gasteiger partial charge in [0.15, 0.2) is 5.96 Å². The van der Waals surface area contributed by atoms with Crippen LogP contribution in [0.4, 0.5) is 0 Å². The molecule has 1 aliphatic heterocycles. The Morgan fingerprint density at radius 2 is 2.19 bits per heavy atom. The third-order valence-corrected chi connectivity index (χ3v) is 6.19. The van der Waals surface area contributed by atoms with Crippen LogP contribution in [-0.4, -0.2) is 54.6 Å². The minimum Gasteiger partial charge on any atom is -0.357 e. The number of guanidine groups is 1. The van der Waals surface area contributed by atoms with Gasteiger partial charge in [-0.05, 0) is 59.0 Å². The number of hydrogen-bond acceptors (Lipinski definition) is 4. The molecule has 0 radical (unpaired) electrons. The average Bonchev–Trinajstić information content (AvgIpc) is 3.11. The number of piperidine rings is 1. The summed E-state index contributed by atoms with van der Waals surface area (Å²) in [5.74, 6) is 0.936. The monoisotopic (exact) mass is 379 g/mol. The van der Waals surface area contributed by atoms with Crippen molar-refractivity contribution in [3.05, 3.63) is 16.1 Å². The standard InChI is InChI=1S/C20H37N5S/c1-4-18-16-24-19(26-18)11-13-23-20(21-5-2)22-12-7-9-15-25-14-8-6-10-17(25)3/h16-17H,4-15H2,1-3H3,(H2,21,22,23). The van der Waals surface area contributed by atoms with Crippen molar-refractivity contribution in [2.45, 2.75) is 71.8 Å². The van der Waals surface area contributed by atoms with E-state index < -0.39 is 0 Å². The summed E-state index contributed by atoms with van der Waals surface area (Å²) in [4.78, 5) is 13.2. The lowest BCUT2D eigenvalue weighted by Crippen LogP contribution is -2.38. The van der Waals surface area contributed by atoms with Gasteiger partial charge in [0.25, 0.3) is 0 Å². The molecule has 1 atom stereocenters. The summed E-state index contributed by atoms with van der Waals surface area (Å²) in [7, 11) is 0. The first kappa shape index (κ1) is 21.2. The van der Waals surface area contributed by atoms with E-state index in [-0.39, 0.29) is 0 Å². The Labute approximate surface area is 163 Å². The zero-order valence-corrected chi connectivity index (χ0v) is 17.7. The number of aryl methyl sites for hydroxylation is 1. The van der Waals surface area contributed by atoms with Gasteiger partial charge in [-0.3, -0.25) is 4.99 Å². The average molecular weight is 380 g/mol. The van der Waals surface area contributed by atoms with E-state index in [9.17, 15) is 0 Å². The number of aromatic nitrogens is 1. The van der Waals surface area contributed by atoms with Gasteiger partial charge in [-0.1, -0.05) is 13.3 Å². The van der Waals surface area contributed by atoms with Crippen molar-refractivity contribution < 1.29 is 0 Å². The maximum atomic E-state index is 4.73. The number of rotatable bonds is 10. The van der Waals surface area contributed by atoms with Gasteiger partial charge >= 0.3 is 0 Å². The molecule has 2 heterocycles. The molecule has 1 fully saturated rings. The fraction of sp³-hybridized carbons (Fsp3) is 0.800. The molecular formula is C20H37N5S. The molecule has 1 aliphatic rings. The predicted octanol–water partition coefficient (Wildman–Crippen LogP) is 3.46. The van der Waals surface area contributed by atoms with Crippen LogP contribution in [0.2, 0.25) is 0 Å². The Morgan fingerprint density at radius 1 is 1.31 bits per heavy atom. The number of aliphatic imine (C=N–C) groups is 1. The van der Waals surface area contributed by atoms with Crippen molar-refractivity contribution in [3.63, 3.8) is 0 Å². The highest BCUT2D eigenvalue weighted by Crippen LogP contribution is 2.16. The van der Waals surface area contributed by atoms with Crippen molar-refractivity contribution >= 4 is 17.3 Å². The molecule has 1 saturated heterocycles. The first-order chi connectivity index (χ1) is 12.7. The van der Waals surface area contributed by atoms with Gasteiger partial charge in [-0.2, -0.15) is 0 Å². The summed E-state index contributed by atoms with van der Waals surface area (Å²) in [5.41, 5.74) is 0. The van der Waals surface area contributed by atoms with Crippen LogP contribution >= 0.6 is 11.3 Å². The lowest BCUT2D eigenvalue weighted by atomic mass is 10.0. The van der Waals surface area contributed by atoms with E-state index in [1.807, 2.05) is 17.5 Å². The normalized spacial score (nSPS) is 18.9. The van der Waals surface area contributed by atoms with Crippen LogP contribution in [0.25, 0.3) is 0 Å². The Morgan fingerprint density at radius 3 is 2.92 bits per heavy atom. The van der Waals surface area contributed by atoms with Crippen LogP contribution in [0.5, 0.6) is 0 Å². The molecule has 2 N–H and O–H groups in total. The highest BCUT2D eigenvalue weighted by Gasteiger charge is 2.16. The van der Waals surface area contributed by atoms with Crippen LogP contribution in [0.15, 0.2) is 11.2 Å². The van der Waals surface area contributed by atoms with Crippen molar-refractivity contribution in [1.82, 2.24) is 20.5 Å². The van der Waals surface area contributed by atoms with Gasteiger partial charge in [0, 0.05) is 43.2 Å². The summed E-state index contributed by atoms with van der Waals surface area (Å²) < 4.78 is 0. The van der Waals surface area contributed by atoms with Crippen LogP contribution < -0.4 is 10.6 Å². The smallest absolute Gasteiger partial charge is 0.191 e. The molecule has 1 aromatic rings. The summed E-state index contributed by atoms with van der Waals surface area (Å²) in [6, 6.07) is 0.769. The lowest BCUT2D eigenvalue weighted by molar-refractivity contribution is 0.158. The van der Waals surface area contributed by atoms with Crippen LogP contribution in [-0.2, 0) is 12.8 Å². The molecular weight excluding hydrogens is 342 g/mol. The Kier molecular flexibility index (Phi) is 10.00. The van der Waals surface area contributed by atoms with Crippen LogP contribution in [0.3, 0.4) is 0 Å². The van der Waals surface area contributed by atoms with Crippen LogP contribution in [0, 0.1) is 0 Å². The van der Waals surface area contributed by atoms with Crippen LogP contribution in [0.1, 0.15) is 62.8 Å². The maximum absolute atomic E-state index is 4.73. The third kappa shape index (κ3) is 7.62. The summed E-state index contributed by atoms with van der Waals surface area (Å²) in [5, 5.41) is 7.99. The van der Waals surface area contributed by atoms with E-state index in [0.717, 1.165) is 50.9 Å². The van der Waals surface area contributed by atoms with E-state index >= 15 is 0 Å². The Balaban J connectivity index is 1.63. The number of hydrogen-bond donors (Lipinski definition) is 2. The molecule has 26 heavy (non-hydrogen) atoms. The zero-order chi connectivity index (χ0) is 18.6. The van der Waals surface area contributed by atoms with Crippen molar-refractivity contribution in [2.24, 2.45) is 4.99 Å². The molecule has 1 unspecified atom stereocenters. The molecule has 0 saturated carbocycles. The van der Waals surface area contributed by atoms with E-state index in [1.165, 1.54) is 48.7 Å². The van der Waals surface area contributed by atoms with Gasteiger partial charge in [0.1, 0.15) is 0 Å². The summed E-state index contributed by atoms with van der Waals surface area (Å²) >= 11 is 1.82. The van der Waals surface area contributed by atoms with Gasteiger partial charge in [0.05, 0.1) is 5.01 Å². The van der Waals surface area contributed by atoms with E-state index in [2.05, 4.69) is 41.3 Å². The summed E-state index contributed by atoms with van der Waals surface area (Å²) in [6.45, 7) is 11.9. The molecule has 0 spiro atoms. The topological polar surface area (TPSA) is 52.6 Å². The maximum Gasteiger partial charge on any atom is 0.191 e. The molecule has 2 rings (SSSR count). The third-order valence-electron chi connectivity index (χ3n) is 4.99. The zero-order valence-electron chi connectivity index (χ0n) is 16.9. The number of nitrogens with zero attached hydrogens (tertiary/aromatic N) is 3. The van der Waals surface area contributed by atoms with E-state index in [4.69, 9.17) is 4.99 Å². The molecule has 1 aromatic heterocycles. The van der Waals surface area contributed by atoms with Crippen molar-refractivity contribution in [2.75, 3.05) is 32.7 Å². The molecule has 0 amide bonds. The largest absolute Gasteiger partial charge is 0.357 e. The molecule has 148 valence electrons. The van der Waals surface area contributed by atoms with Gasteiger partial charge in [0.2, 0.25) is 0 Å². The fourth-order valence-corrected chi connectivity index (χ4v) is 4.23. The highest BCUT2D eigenvalue weighted by molar-refractivity contribution is 7.11. The fourth-order valence-electron chi connectivity index (χ4n) is 3.36. The number of thiazole rings is 1. The van der Waals surface area contributed by atoms with Crippen molar-refractivity contribution in [3.8, 4) is 0 Å². The number of nitrogens with one attached hydrogen (secondary N) is 2. The summed E-state index contributed by atoms with van der Waals surface area (Å²) in [6.07, 6.45) is 10.6. The second-order valence-electron chi connectivity index (χ2n) is 7.10. The van der Waals surface area contributed by atoms with E-state index in [0.29, 0.717) is 0 Å². The molecule has 0 aromatic carbocycles. The van der Waals surface area contributed by atoms with E-state index in [1.54, 1.807) is 0 Å². The molecule has 6 heteroatoms. The Bertz CT molecular complexity index is 528. The highest BCUT2D eigenvalue weighted by atomic mass is 32.1. The van der Waals surface area contributed by atoms with Crippen molar-refractivity contribution in [1.29, 1.82) is 0 Å². The Hall–Kier alpha value is -1.14.